The van der Waals surface area contributed by atoms with Crippen molar-refractivity contribution in [2.45, 2.75) is 31.1 Å². The van der Waals surface area contributed by atoms with E-state index in [2.05, 4.69) is 10.9 Å². The average Bonchev–Trinajstić information content (AvgIpc) is 3.38. The first-order valence-corrected chi connectivity index (χ1v) is 9.68. The van der Waals surface area contributed by atoms with E-state index in [1.54, 1.807) is 43.5 Å². The molecular formula is C22H20N4O3. The van der Waals surface area contributed by atoms with Crippen molar-refractivity contribution >= 4 is 22.8 Å². The second kappa shape index (κ2) is 6.84. The fraction of sp³-hybridized carbons (Fsp3) is 0.273. The third-order valence-corrected chi connectivity index (χ3v) is 5.83. The van der Waals surface area contributed by atoms with Crippen LogP contribution in [-0.4, -0.2) is 28.9 Å². The summed E-state index contributed by atoms with van der Waals surface area (Å²) in [6.07, 6.45) is 3.53. The molecule has 0 radical (unpaired) electrons. The van der Waals surface area contributed by atoms with Crippen molar-refractivity contribution in [3.8, 4) is 5.75 Å². The number of benzene rings is 2. The second-order valence-corrected chi connectivity index (χ2v) is 7.54. The Hall–Kier alpha value is -3.48. The number of nitrogens with zero attached hydrogens (tertiary/aromatic N) is 2. The van der Waals surface area contributed by atoms with Crippen LogP contribution in [0.15, 0.2) is 42.5 Å². The van der Waals surface area contributed by atoms with E-state index < -0.39 is 11.8 Å². The highest BCUT2D eigenvalue weighted by atomic mass is 16.5. The molecule has 29 heavy (non-hydrogen) atoms. The fourth-order valence-corrected chi connectivity index (χ4v) is 4.30. The van der Waals surface area contributed by atoms with Crippen molar-refractivity contribution in [1.29, 1.82) is 0 Å². The van der Waals surface area contributed by atoms with Crippen molar-refractivity contribution in [2.24, 2.45) is 0 Å². The first kappa shape index (κ1) is 17.6. The third-order valence-electron chi connectivity index (χ3n) is 5.83. The Labute approximate surface area is 167 Å². The predicted molar refractivity (Wildman–Crippen MR) is 107 cm³/mol. The lowest BCUT2D eigenvalue weighted by atomic mass is 10.00. The van der Waals surface area contributed by atoms with Gasteiger partial charge in [-0.1, -0.05) is 0 Å². The van der Waals surface area contributed by atoms with Crippen molar-refractivity contribution in [1.82, 2.24) is 20.8 Å². The van der Waals surface area contributed by atoms with Crippen molar-refractivity contribution in [3.05, 3.63) is 65.0 Å². The van der Waals surface area contributed by atoms with Crippen LogP contribution in [0.1, 0.15) is 63.2 Å². The molecule has 2 atom stereocenters. The summed E-state index contributed by atoms with van der Waals surface area (Å²) < 4.78 is 5.07. The number of hydrogen-bond acceptors (Lipinski definition) is 5. The maximum absolute atomic E-state index is 12.5. The number of fused-ring (bicyclic) bond motifs is 6. The monoisotopic (exact) mass is 388 g/mol. The van der Waals surface area contributed by atoms with Gasteiger partial charge in [0, 0.05) is 23.0 Å². The lowest BCUT2D eigenvalue weighted by molar-refractivity contribution is 0.0846. The minimum absolute atomic E-state index is 0.405. The summed E-state index contributed by atoms with van der Waals surface area (Å²) in [5, 5.41) is 0. The van der Waals surface area contributed by atoms with Gasteiger partial charge in [-0.3, -0.25) is 20.4 Å². The van der Waals surface area contributed by atoms with Gasteiger partial charge in [0.05, 0.1) is 29.5 Å². The number of nitrogens with one attached hydrogen (secondary N) is 2. The van der Waals surface area contributed by atoms with E-state index in [-0.39, 0.29) is 0 Å². The van der Waals surface area contributed by atoms with Crippen LogP contribution in [0.25, 0.3) is 11.0 Å². The Bertz CT molecular complexity index is 1130. The quantitative estimate of drug-likeness (QED) is 0.673. The van der Waals surface area contributed by atoms with Crippen LogP contribution in [-0.2, 0) is 0 Å². The Morgan fingerprint density at radius 3 is 2.10 bits per heavy atom. The largest absolute Gasteiger partial charge is 0.497 e. The normalized spacial score (nSPS) is 19.1. The molecule has 2 bridgehead atoms. The van der Waals surface area contributed by atoms with Crippen molar-refractivity contribution in [2.75, 3.05) is 7.11 Å². The maximum Gasteiger partial charge on any atom is 0.269 e. The zero-order valence-electron chi connectivity index (χ0n) is 15.9. The number of carbonyl (C=O) groups is 2. The van der Waals surface area contributed by atoms with Crippen LogP contribution in [0, 0.1) is 0 Å². The molecule has 2 aliphatic carbocycles. The number of ether oxygens (including phenoxy) is 1. The van der Waals surface area contributed by atoms with E-state index >= 15 is 0 Å². The van der Waals surface area contributed by atoms with Crippen LogP contribution in [0.4, 0.5) is 0 Å². The number of hydrazine groups is 1. The second-order valence-electron chi connectivity index (χ2n) is 7.54. The molecule has 7 nitrogen and oxygen atoms in total. The van der Waals surface area contributed by atoms with Gasteiger partial charge in [0.15, 0.2) is 0 Å². The molecule has 2 amide bonds. The Kier molecular flexibility index (Phi) is 4.16. The van der Waals surface area contributed by atoms with Crippen LogP contribution in [0.2, 0.25) is 0 Å². The molecule has 0 spiro atoms. The Balaban J connectivity index is 1.31. The minimum Gasteiger partial charge on any atom is -0.497 e. The summed E-state index contributed by atoms with van der Waals surface area (Å²) in [5.41, 5.74) is 9.47. The van der Waals surface area contributed by atoms with Crippen molar-refractivity contribution in [3.63, 3.8) is 0 Å². The molecule has 3 aromatic rings. The number of aromatic nitrogens is 2. The summed E-state index contributed by atoms with van der Waals surface area (Å²) >= 11 is 0. The van der Waals surface area contributed by atoms with Gasteiger partial charge in [-0.05, 0) is 61.7 Å². The highest BCUT2D eigenvalue weighted by Gasteiger charge is 2.39. The summed E-state index contributed by atoms with van der Waals surface area (Å²) in [6, 6.07) is 11.9. The molecule has 7 heteroatoms. The molecule has 146 valence electrons. The highest BCUT2D eigenvalue weighted by molar-refractivity contribution is 6.00. The number of carbonyl (C=O) groups excluding carboxylic acids is 2. The predicted octanol–water partition coefficient (Wildman–Crippen LogP) is 3.08. The maximum atomic E-state index is 12.5. The van der Waals surface area contributed by atoms with Gasteiger partial charge in [-0.2, -0.15) is 0 Å². The number of hydrogen-bond donors (Lipinski definition) is 2. The molecule has 2 unspecified atom stereocenters. The molecule has 1 aromatic heterocycles. The zero-order chi connectivity index (χ0) is 20.0. The van der Waals surface area contributed by atoms with Crippen LogP contribution >= 0.6 is 0 Å². The number of rotatable bonds is 3. The Morgan fingerprint density at radius 2 is 1.45 bits per heavy atom. The molecule has 2 aromatic carbocycles. The Morgan fingerprint density at radius 1 is 0.862 bits per heavy atom. The standard InChI is InChI=1S/C22H20N4O3/c1-29-16-7-4-12(5-8-16)21(27)25-26-22(28)15-6-9-17-18(11-15)24-20-14-3-2-13(10-14)19(20)23-17/h4-9,11,13-14H,2-3,10H2,1H3,(H,25,27)(H,26,28). The van der Waals surface area contributed by atoms with E-state index in [1.807, 2.05) is 6.07 Å². The molecule has 0 saturated heterocycles. The molecule has 1 heterocycles. The van der Waals surface area contributed by atoms with Gasteiger partial charge < -0.3 is 4.74 Å². The fourth-order valence-electron chi connectivity index (χ4n) is 4.30. The van der Waals surface area contributed by atoms with E-state index in [9.17, 15) is 9.59 Å². The average molecular weight is 388 g/mol. The van der Waals surface area contributed by atoms with Gasteiger partial charge in [0.1, 0.15) is 5.75 Å². The first-order chi connectivity index (χ1) is 14.1. The molecule has 2 N–H and O–H groups in total. The molecule has 1 fully saturated rings. The van der Waals surface area contributed by atoms with Gasteiger partial charge in [-0.25, -0.2) is 9.97 Å². The van der Waals surface area contributed by atoms with E-state index in [0.717, 1.165) is 23.3 Å². The lowest BCUT2D eigenvalue weighted by Gasteiger charge is -2.14. The molecule has 0 aliphatic heterocycles. The van der Waals surface area contributed by atoms with Crippen LogP contribution in [0.5, 0.6) is 5.75 Å². The van der Waals surface area contributed by atoms with E-state index in [0.29, 0.717) is 34.2 Å². The summed E-state index contributed by atoms with van der Waals surface area (Å²) in [4.78, 5) is 34.3. The summed E-state index contributed by atoms with van der Waals surface area (Å²) in [6.45, 7) is 0. The van der Waals surface area contributed by atoms with Crippen LogP contribution in [0.3, 0.4) is 0 Å². The molecule has 5 rings (SSSR count). The number of methoxy groups -OCH3 is 1. The van der Waals surface area contributed by atoms with E-state index in [1.165, 1.54) is 12.8 Å². The first-order valence-electron chi connectivity index (χ1n) is 9.68. The highest BCUT2D eigenvalue weighted by Crippen LogP contribution is 2.51. The minimum atomic E-state index is -0.407. The van der Waals surface area contributed by atoms with Gasteiger partial charge in [-0.15, -0.1) is 0 Å². The van der Waals surface area contributed by atoms with E-state index in [4.69, 9.17) is 14.7 Å². The topological polar surface area (TPSA) is 93.2 Å². The van der Waals surface area contributed by atoms with Gasteiger partial charge >= 0.3 is 0 Å². The van der Waals surface area contributed by atoms with Gasteiger partial charge in [0.25, 0.3) is 11.8 Å². The molecule has 1 saturated carbocycles. The summed E-state index contributed by atoms with van der Waals surface area (Å²) in [5.74, 6) is 0.895. The summed E-state index contributed by atoms with van der Waals surface area (Å²) in [7, 11) is 1.56. The van der Waals surface area contributed by atoms with Crippen molar-refractivity contribution < 1.29 is 14.3 Å². The van der Waals surface area contributed by atoms with Gasteiger partial charge in [0.2, 0.25) is 0 Å². The third kappa shape index (κ3) is 3.08. The van der Waals surface area contributed by atoms with Crippen LogP contribution < -0.4 is 15.6 Å². The lowest BCUT2D eigenvalue weighted by Crippen LogP contribution is -2.41. The SMILES string of the molecule is COc1ccc(C(=O)NNC(=O)c2ccc3nc4c(nc3c2)C2CCC4C2)cc1. The molecular weight excluding hydrogens is 368 g/mol. The zero-order valence-corrected chi connectivity index (χ0v) is 15.9. The smallest absolute Gasteiger partial charge is 0.269 e. The molecule has 2 aliphatic rings. The number of amides is 2.